The number of thiazole rings is 1. The van der Waals surface area contributed by atoms with E-state index in [1.807, 2.05) is 0 Å². The summed E-state index contributed by atoms with van der Waals surface area (Å²) in [6, 6.07) is 5.11. The summed E-state index contributed by atoms with van der Waals surface area (Å²) in [6.45, 7) is 1.56. The Hall–Kier alpha value is -4.56. The van der Waals surface area contributed by atoms with Crippen molar-refractivity contribution in [3.05, 3.63) is 97.7 Å². The third-order valence-electron chi connectivity index (χ3n) is 5.71. The van der Waals surface area contributed by atoms with E-state index in [9.17, 15) is 34.9 Å². The van der Waals surface area contributed by atoms with Gasteiger partial charge < -0.3 is 14.6 Å². The predicted octanol–water partition coefficient (Wildman–Crippen LogP) is 2.59. The Labute approximate surface area is 221 Å². The van der Waals surface area contributed by atoms with Crippen LogP contribution in [0.5, 0.6) is 11.5 Å². The highest BCUT2D eigenvalue weighted by atomic mass is 35.5. The summed E-state index contributed by atoms with van der Waals surface area (Å²) in [5.74, 6) is -1.29. The number of non-ortho nitro benzene ring substituents is 1. The molecule has 2 heterocycles. The van der Waals surface area contributed by atoms with Crippen LogP contribution in [0.15, 0.2) is 51.4 Å². The second-order valence-corrected chi connectivity index (χ2v) is 9.32. The number of esters is 1. The lowest BCUT2D eigenvalue weighted by molar-refractivity contribution is -0.394. The average molecular weight is 561 g/mol. The van der Waals surface area contributed by atoms with Crippen molar-refractivity contribution >= 4 is 46.4 Å². The molecule has 1 aromatic heterocycles. The number of nitrogens with zero attached hydrogens (tertiary/aromatic N) is 4. The molecule has 0 spiro atoms. The van der Waals surface area contributed by atoms with Crippen LogP contribution < -0.4 is 19.6 Å². The van der Waals surface area contributed by atoms with Gasteiger partial charge in [0.15, 0.2) is 4.80 Å². The largest absolute Gasteiger partial charge is 0.502 e. The number of rotatable bonds is 6. The van der Waals surface area contributed by atoms with Gasteiger partial charge in [-0.15, -0.1) is 0 Å². The van der Waals surface area contributed by atoms with Gasteiger partial charge in [0.05, 0.1) is 45.9 Å². The molecule has 196 valence electrons. The summed E-state index contributed by atoms with van der Waals surface area (Å²) in [4.78, 5) is 51.8. The predicted molar refractivity (Wildman–Crippen MR) is 135 cm³/mol. The standard InChI is InChI=1S/C23H17ClN4O9S/c1-10-18(22(31)37-3)19(14-8-12(24)4-5-16(14)36-2)26-21(30)17(38-23(26)25-10)7-11-6-13(27(32)33)9-15(20(11)29)28(34)35/h4-9,19,29H,1-3H3/b17-7-/t19-/m1/s1. The fourth-order valence-corrected chi connectivity index (χ4v) is 5.25. The Morgan fingerprint density at radius 2 is 1.92 bits per heavy atom. The maximum Gasteiger partial charge on any atom is 0.338 e. The number of nitro groups is 2. The highest BCUT2D eigenvalue weighted by Crippen LogP contribution is 2.38. The summed E-state index contributed by atoms with van der Waals surface area (Å²) in [5, 5.41) is 33.4. The Balaban J connectivity index is 2.06. The number of carbonyl (C=O) groups is 1. The van der Waals surface area contributed by atoms with Crippen molar-refractivity contribution in [1.82, 2.24) is 4.57 Å². The molecule has 1 aliphatic heterocycles. The molecule has 0 saturated heterocycles. The number of aromatic hydroxyl groups is 1. The molecule has 0 fully saturated rings. The smallest absolute Gasteiger partial charge is 0.338 e. The average Bonchev–Trinajstić information content (AvgIpc) is 3.17. The fraction of sp³-hybridized carbons (Fsp3) is 0.174. The van der Waals surface area contributed by atoms with Gasteiger partial charge in [0, 0.05) is 22.2 Å². The van der Waals surface area contributed by atoms with Crippen molar-refractivity contribution in [3.8, 4) is 11.5 Å². The van der Waals surface area contributed by atoms with Gasteiger partial charge in [-0.2, -0.15) is 0 Å². The van der Waals surface area contributed by atoms with Crippen LogP contribution in [-0.2, 0) is 9.53 Å². The van der Waals surface area contributed by atoms with Crippen LogP contribution in [0.2, 0.25) is 5.02 Å². The molecular weight excluding hydrogens is 544 g/mol. The number of methoxy groups -OCH3 is 2. The number of fused-ring (bicyclic) bond motifs is 1. The number of hydrogen-bond donors (Lipinski definition) is 1. The minimum absolute atomic E-state index is 0.0425. The topological polar surface area (TPSA) is 176 Å². The molecule has 1 aliphatic rings. The van der Waals surface area contributed by atoms with E-state index in [4.69, 9.17) is 21.1 Å². The molecule has 2 aromatic carbocycles. The normalized spacial score (nSPS) is 15.1. The molecule has 1 N–H and O–H groups in total. The quantitative estimate of drug-likeness (QED) is 0.269. The Kier molecular flexibility index (Phi) is 7.02. The number of allylic oxidation sites excluding steroid dienone is 1. The van der Waals surface area contributed by atoms with E-state index in [0.717, 1.165) is 23.5 Å². The molecule has 0 radical (unpaired) electrons. The molecule has 0 amide bonds. The minimum Gasteiger partial charge on any atom is -0.502 e. The van der Waals surface area contributed by atoms with Gasteiger partial charge in [-0.05, 0) is 31.2 Å². The molecule has 3 aromatic rings. The van der Waals surface area contributed by atoms with Crippen molar-refractivity contribution in [2.24, 2.45) is 4.99 Å². The van der Waals surface area contributed by atoms with Crippen LogP contribution in [0, 0.1) is 20.2 Å². The zero-order valence-corrected chi connectivity index (χ0v) is 21.4. The Morgan fingerprint density at radius 3 is 2.53 bits per heavy atom. The first-order chi connectivity index (χ1) is 18.0. The third kappa shape index (κ3) is 4.50. The number of phenolic OH excluding ortho intramolecular Hbond substituents is 1. The van der Waals surface area contributed by atoms with Crippen LogP contribution in [0.25, 0.3) is 6.08 Å². The monoisotopic (exact) mass is 560 g/mol. The molecule has 4 rings (SSSR count). The van der Waals surface area contributed by atoms with E-state index in [1.165, 1.54) is 24.9 Å². The fourth-order valence-electron chi connectivity index (χ4n) is 4.03. The zero-order chi connectivity index (χ0) is 27.9. The van der Waals surface area contributed by atoms with Gasteiger partial charge in [-0.3, -0.25) is 29.6 Å². The minimum atomic E-state index is -1.08. The van der Waals surface area contributed by atoms with Crippen LogP contribution in [0.1, 0.15) is 24.1 Å². The van der Waals surface area contributed by atoms with Gasteiger partial charge >= 0.3 is 11.7 Å². The molecular formula is C23H17ClN4O9S. The van der Waals surface area contributed by atoms with Crippen molar-refractivity contribution < 1.29 is 29.2 Å². The van der Waals surface area contributed by atoms with Crippen LogP contribution in [-0.4, -0.2) is 39.7 Å². The summed E-state index contributed by atoms with van der Waals surface area (Å²) >= 11 is 7.08. The molecule has 13 nitrogen and oxygen atoms in total. The number of phenols is 1. The maximum atomic E-state index is 13.7. The van der Waals surface area contributed by atoms with Gasteiger partial charge in [0.1, 0.15) is 11.8 Å². The maximum absolute atomic E-state index is 13.7. The van der Waals surface area contributed by atoms with Gasteiger partial charge in [0.2, 0.25) is 5.75 Å². The molecule has 0 unspecified atom stereocenters. The molecule has 0 saturated carbocycles. The first-order valence-corrected chi connectivity index (χ1v) is 11.8. The number of nitro benzene ring substituents is 2. The second-order valence-electron chi connectivity index (χ2n) is 7.88. The SMILES string of the molecule is COC(=O)C1=C(C)N=c2s/c(=C\c3cc([N+](=O)[O-])cc([N+](=O)[O-])c3O)c(=O)n2[C@@H]1c1cc(Cl)ccc1OC. The number of ether oxygens (including phenoxy) is 2. The van der Waals surface area contributed by atoms with Crippen molar-refractivity contribution in [3.63, 3.8) is 0 Å². The molecule has 15 heteroatoms. The first kappa shape index (κ1) is 26.5. The lowest BCUT2D eigenvalue weighted by atomic mass is 9.95. The van der Waals surface area contributed by atoms with Crippen LogP contribution in [0.4, 0.5) is 11.4 Å². The highest BCUT2D eigenvalue weighted by molar-refractivity contribution is 7.07. The number of aromatic nitrogens is 1. The lowest BCUT2D eigenvalue weighted by Gasteiger charge is -2.25. The zero-order valence-electron chi connectivity index (χ0n) is 19.8. The van der Waals surface area contributed by atoms with E-state index >= 15 is 0 Å². The van der Waals surface area contributed by atoms with Crippen molar-refractivity contribution in [1.29, 1.82) is 0 Å². The summed E-state index contributed by atoms with van der Waals surface area (Å²) < 4.78 is 11.5. The third-order valence-corrected chi connectivity index (χ3v) is 6.93. The molecule has 0 aliphatic carbocycles. The molecule has 38 heavy (non-hydrogen) atoms. The Morgan fingerprint density at radius 1 is 1.21 bits per heavy atom. The van der Waals surface area contributed by atoms with E-state index in [0.29, 0.717) is 22.4 Å². The summed E-state index contributed by atoms with van der Waals surface area (Å²) in [7, 11) is 2.58. The van der Waals surface area contributed by atoms with E-state index in [-0.39, 0.29) is 26.2 Å². The second kappa shape index (κ2) is 10.1. The van der Waals surface area contributed by atoms with Gasteiger partial charge in [-0.1, -0.05) is 22.9 Å². The number of halogens is 1. The van der Waals surface area contributed by atoms with E-state index in [2.05, 4.69) is 4.99 Å². The van der Waals surface area contributed by atoms with Gasteiger partial charge in [0.25, 0.3) is 11.2 Å². The summed E-state index contributed by atoms with van der Waals surface area (Å²) in [5.41, 5.74) is -1.91. The van der Waals surface area contributed by atoms with Crippen LogP contribution in [0.3, 0.4) is 0 Å². The number of benzene rings is 2. The van der Waals surface area contributed by atoms with Gasteiger partial charge in [-0.25, -0.2) is 9.79 Å². The summed E-state index contributed by atoms with van der Waals surface area (Å²) in [6.07, 6.45) is 1.09. The van der Waals surface area contributed by atoms with Crippen LogP contribution >= 0.6 is 22.9 Å². The number of carbonyl (C=O) groups excluding carboxylic acids is 1. The molecule has 1 atom stereocenters. The number of hydrogen-bond acceptors (Lipinski definition) is 11. The lowest BCUT2D eigenvalue weighted by Crippen LogP contribution is -2.40. The van der Waals surface area contributed by atoms with E-state index in [1.54, 1.807) is 19.1 Å². The first-order valence-electron chi connectivity index (χ1n) is 10.6. The van der Waals surface area contributed by atoms with Crippen molar-refractivity contribution in [2.75, 3.05) is 14.2 Å². The Bertz CT molecular complexity index is 1740. The molecule has 0 bridgehead atoms. The van der Waals surface area contributed by atoms with E-state index < -0.39 is 44.5 Å². The highest BCUT2D eigenvalue weighted by Gasteiger charge is 2.35. The van der Waals surface area contributed by atoms with Crippen molar-refractivity contribution in [2.45, 2.75) is 13.0 Å².